The molecular formula is C26H31N3O6S. The maximum absolute atomic E-state index is 13.4. The lowest BCUT2D eigenvalue weighted by Crippen LogP contribution is -2.41. The summed E-state index contributed by atoms with van der Waals surface area (Å²) in [5, 5.41) is 3.22. The van der Waals surface area contributed by atoms with Crippen molar-refractivity contribution in [3.05, 3.63) is 63.9 Å². The van der Waals surface area contributed by atoms with E-state index in [0.29, 0.717) is 41.9 Å². The lowest BCUT2D eigenvalue weighted by Gasteiger charge is -2.32. The normalized spacial score (nSPS) is 16.6. The van der Waals surface area contributed by atoms with Crippen LogP contribution in [-0.2, 0) is 16.4 Å². The predicted molar refractivity (Wildman–Crippen MR) is 137 cm³/mol. The summed E-state index contributed by atoms with van der Waals surface area (Å²) < 4.78 is 38.8. The van der Waals surface area contributed by atoms with Crippen molar-refractivity contribution in [3.63, 3.8) is 0 Å². The van der Waals surface area contributed by atoms with E-state index in [2.05, 4.69) is 10.3 Å². The largest absolute Gasteiger partial charge is 0.493 e. The molecule has 2 heterocycles. The van der Waals surface area contributed by atoms with E-state index >= 15 is 0 Å². The van der Waals surface area contributed by atoms with Crippen LogP contribution in [0.4, 0.5) is 0 Å². The average Bonchev–Trinajstić information content (AvgIpc) is 2.87. The molecule has 1 aromatic heterocycles. The van der Waals surface area contributed by atoms with Crippen molar-refractivity contribution >= 4 is 26.8 Å². The van der Waals surface area contributed by atoms with E-state index < -0.39 is 21.5 Å². The van der Waals surface area contributed by atoms with Crippen molar-refractivity contribution in [1.82, 2.24) is 14.6 Å². The van der Waals surface area contributed by atoms with Crippen LogP contribution in [-0.4, -0.2) is 57.0 Å². The number of nitrogens with zero attached hydrogens (tertiary/aromatic N) is 1. The van der Waals surface area contributed by atoms with Gasteiger partial charge in [0.2, 0.25) is 15.6 Å². The molecule has 192 valence electrons. The van der Waals surface area contributed by atoms with Crippen molar-refractivity contribution in [1.29, 1.82) is 0 Å². The van der Waals surface area contributed by atoms with Gasteiger partial charge in [-0.2, -0.15) is 4.31 Å². The van der Waals surface area contributed by atoms with Gasteiger partial charge in [0.15, 0.2) is 11.5 Å². The summed E-state index contributed by atoms with van der Waals surface area (Å²) in [6.45, 7) is 2.69. The third-order valence-electron chi connectivity index (χ3n) is 6.55. The minimum Gasteiger partial charge on any atom is -0.493 e. The molecular weight excluding hydrogens is 482 g/mol. The molecule has 1 fully saturated rings. The molecule has 0 aliphatic carbocycles. The number of aromatic amines is 1. The molecule has 1 atom stereocenters. The highest BCUT2D eigenvalue weighted by molar-refractivity contribution is 7.89. The number of carbonyl (C=O) groups is 1. The van der Waals surface area contributed by atoms with Gasteiger partial charge in [-0.3, -0.25) is 9.59 Å². The number of hydrogen-bond acceptors (Lipinski definition) is 6. The summed E-state index contributed by atoms with van der Waals surface area (Å²) in [5.74, 6) is 0.760. The number of H-pyrrole nitrogens is 1. The van der Waals surface area contributed by atoms with Crippen molar-refractivity contribution < 1.29 is 22.7 Å². The number of rotatable bonds is 8. The average molecular weight is 514 g/mol. The van der Waals surface area contributed by atoms with Crippen LogP contribution in [0.5, 0.6) is 11.5 Å². The number of piperidine rings is 1. The second kappa shape index (κ2) is 10.7. The SMILES string of the molecule is COc1ccc(CCNC(=O)c2cc(=O)[nH]c3ccc(S(=O)(=O)N4CCCC[C@H]4C)cc23)cc1OC. The first-order valence-corrected chi connectivity index (χ1v) is 13.4. The van der Waals surface area contributed by atoms with E-state index in [1.807, 2.05) is 19.1 Å². The number of ether oxygens (including phenoxy) is 2. The Morgan fingerprint density at radius 2 is 1.86 bits per heavy atom. The first kappa shape index (κ1) is 25.7. The summed E-state index contributed by atoms with van der Waals surface area (Å²) in [6, 6.07) is 11.1. The van der Waals surface area contributed by atoms with Crippen LogP contribution in [0, 0.1) is 0 Å². The highest BCUT2D eigenvalue weighted by Gasteiger charge is 2.31. The first-order valence-electron chi connectivity index (χ1n) is 11.9. The third kappa shape index (κ3) is 5.24. The zero-order valence-electron chi connectivity index (χ0n) is 20.7. The highest BCUT2D eigenvalue weighted by atomic mass is 32.2. The molecule has 1 amide bonds. The second-order valence-corrected chi connectivity index (χ2v) is 10.8. The molecule has 36 heavy (non-hydrogen) atoms. The molecule has 2 N–H and O–H groups in total. The summed E-state index contributed by atoms with van der Waals surface area (Å²) >= 11 is 0. The van der Waals surface area contributed by atoms with Gasteiger partial charge in [-0.25, -0.2) is 8.42 Å². The number of sulfonamides is 1. The van der Waals surface area contributed by atoms with E-state index in [1.54, 1.807) is 26.4 Å². The van der Waals surface area contributed by atoms with E-state index in [1.165, 1.54) is 22.5 Å². The number of methoxy groups -OCH3 is 2. The Balaban J connectivity index is 1.58. The standard InChI is InChI=1S/C26H31N3O6S/c1-17-6-4-5-13-29(17)36(32,33)19-8-9-22-20(15-19)21(16-25(30)28-22)26(31)27-12-11-18-7-10-23(34-2)24(14-18)35-3/h7-10,14-17H,4-6,11-13H2,1-3H3,(H,27,31)(H,28,30)/t17-/m1/s1. The molecule has 1 aliphatic heterocycles. The fraction of sp³-hybridized carbons (Fsp3) is 0.385. The zero-order valence-corrected chi connectivity index (χ0v) is 21.5. The Morgan fingerprint density at radius 3 is 2.58 bits per heavy atom. The molecule has 1 saturated heterocycles. The number of fused-ring (bicyclic) bond motifs is 1. The molecule has 0 radical (unpaired) electrons. The number of amides is 1. The molecule has 2 aromatic carbocycles. The third-order valence-corrected chi connectivity index (χ3v) is 8.56. The van der Waals surface area contributed by atoms with Gasteiger partial charge in [-0.15, -0.1) is 0 Å². The van der Waals surface area contributed by atoms with Crippen molar-refractivity contribution in [3.8, 4) is 11.5 Å². The molecule has 1 aliphatic rings. The van der Waals surface area contributed by atoms with Crippen LogP contribution in [0.25, 0.3) is 10.9 Å². The van der Waals surface area contributed by atoms with E-state index in [0.717, 1.165) is 24.8 Å². The summed E-state index contributed by atoms with van der Waals surface area (Å²) in [5.41, 5.74) is 1.03. The molecule has 4 rings (SSSR count). The topological polar surface area (TPSA) is 118 Å². The summed E-state index contributed by atoms with van der Waals surface area (Å²) in [4.78, 5) is 28.1. The molecule has 10 heteroatoms. The molecule has 0 bridgehead atoms. The van der Waals surface area contributed by atoms with Crippen LogP contribution >= 0.6 is 0 Å². The zero-order chi connectivity index (χ0) is 25.9. The summed E-state index contributed by atoms with van der Waals surface area (Å²) in [7, 11) is -0.613. The fourth-order valence-corrected chi connectivity index (χ4v) is 6.32. The Bertz CT molecular complexity index is 1430. The lowest BCUT2D eigenvalue weighted by atomic mass is 10.1. The molecule has 0 unspecified atom stereocenters. The van der Waals surface area contributed by atoms with Gasteiger partial charge < -0.3 is 19.8 Å². The minimum atomic E-state index is -3.73. The summed E-state index contributed by atoms with van der Waals surface area (Å²) in [6.07, 6.45) is 3.16. The highest BCUT2D eigenvalue weighted by Crippen LogP contribution is 2.29. The maximum Gasteiger partial charge on any atom is 0.252 e. The number of carbonyl (C=O) groups excluding carboxylic acids is 1. The van der Waals surface area contributed by atoms with Crippen LogP contribution < -0.4 is 20.3 Å². The number of aromatic nitrogens is 1. The Kier molecular flexibility index (Phi) is 7.65. The van der Waals surface area contributed by atoms with Crippen LogP contribution in [0.1, 0.15) is 42.1 Å². The van der Waals surface area contributed by atoms with Gasteiger partial charge >= 0.3 is 0 Å². The van der Waals surface area contributed by atoms with Gasteiger partial charge in [0.25, 0.3) is 5.91 Å². The number of benzene rings is 2. The van der Waals surface area contributed by atoms with E-state index in [9.17, 15) is 18.0 Å². The smallest absolute Gasteiger partial charge is 0.252 e. The van der Waals surface area contributed by atoms with Crippen molar-refractivity contribution in [2.24, 2.45) is 0 Å². The van der Waals surface area contributed by atoms with Gasteiger partial charge in [0, 0.05) is 36.1 Å². The van der Waals surface area contributed by atoms with Crippen molar-refractivity contribution in [2.75, 3.05) is 27.3 Å². The monoisotopic (exact) mass is 513 g/mol. The number of pyridine rings is 1. The van der Waals surface area contributed by atoms with Crippen LogP contribution in [0.15, 0.2) is 52.2 Å². The van der Waals surface area contributed by atoms with Crippen molar-refractivity contribution in [2.45, 2.75) is 43.5 Å². The van der Waals surface area contributed by atoms with Gasteiger partial charge in [0.05, 0.1) is 24.7 Å². The molecule has 3 aromatic rings. The lowest BCUT2D eigenvalue weighted by molar-refractivity contribution is 0.0955. The number of hydrogen-bond donors (Lipinski definition) is 2. The maximum atomic E-state index is 13.4. The predicted octanol–water partition coefficient (Wildman–Crippen LogP) is 3.08. The number of nitrogens with one attached hydrogen (secondary N) is 2. The quantitative estimate of drug-likeness (QED) is 0.478. The first-order chi connectivity index (χ1) is 17.2. The minimum absolute atomic E-state index is 0.0885. The van der Waals surface area contributed by atoms with Crippen LogP contribution in [0.2, 0.25) is 0 Å². The molecule has 0 spiro atoms. The molecule has 0 saturated carbocycles. The molecule has 9 nitrogen and oxygen atoms in total. The van der Waals surface area contributed by atoms with Gasteiger partial charge in [-0.05, 0) is 62.1 Å². The van der Waals surface area contributed by atoms with Gasteiger partial charge in [0.1, 0.15) is 0 Å². The van der Waals surface area contributed by atoms with E-state index in [4.69, 9.17) is 9.47 Å². The van der Waals surface area contributed by atoms with E-state index in [-0.39, 0.29) is 16.5 Å². The second-order valence-electron chi connectivity index (χ2n) is 8.91. The van der Waals surface area contributed by atoms with Gasteiger partial charge in [-0.1, -0.05) is 12.5 Å². The Labute approximate surface area is 210 Å². The van der Waals surface area contributed by atoms with Crippen LogP contribution in [0.3, 0.4) is 0 Å². The fourth-order valence-electron chi connectivity index (χ4n) is 4.60. The Morgan fingerprint density at radius 1 is 1.08 bits per heavy atom. The Hall–Kier alpha value is -3.37.